The van der Waals surface area contributed by atoms with Crippen molar-refractivity contribution in [2.75, 3.05) is 20.8 Å². The normalized spacial score (nSPS) is 13.0. The van der Waals surface area contributed by atoms with Crippen molar-refractivity contribution < 1.29 is 23.8 Å². The second-order valence-corrected chi connectivity index (χ2v) is 5.22. The first kappa shape index (κ1) is 17.7. The van der Waals surface area contributed by atoms with Gasteiger partial charge in [0.25, 0.3) is 0 Å². The van der Waals surface area contributed by atoms with E-state index in [1.54, 1.807) is 50.6 Å². The number of aliphatic hydroxyl groups is 1. The van der Waals surface area contributed by atoms with E-state index >= 15 is 0 Å². The Morgan fingerprint density at radius 2 is 2.08 bits per heavy atom. The molecule has 1 aromatic carbocycles. The molecule has 0 bridgehead atoms. The molecular formula is C17H22N2O5. The maximum atomic E-state index is 11.9. The van der Waals surface area contributed by atoms with Gasteiger partial charge in [0, 0.05) is 12.1 Å². The molecule has 0 fully saturated rings. The standard InChI is InChI=1S/C17H22N2O5/c1-11(15-5-4-8-24-15)19-17(21)18-10-14(20)13-9-12(22-2)6-7-16(13)23-3/h4-9,11,14,20H,10H2,1-3H3,(H2,18,19,21). The van der Waals surface area contributed by atoms with Crippen LogP contribution in [-0.2, 0) is 0 Å². The van der Waals surface area contributed by atoms with Gasteiger partial charge in [-0.15, -0.1) is 0 Å². The fraction of sp³-hybridized carbons (Fsp3) is 0.353. The molecule has 130 valence electrons. The first-order valence-electron chi connectivity index (χ1n) is 7.53. The Balaban J connectivity index is 1.92. The van der Waals surface area contributed by atoms with Gasteiger partial charge in [0.05, 0.1) is 26.5 Å². The summed E-state index contributed by atoms with van der Waals surface area (Å²) in [6.07, 6.45) is 0.615. The summed E-state index contributed by atoms with van der Waals surface area (Å²) in [4.78, 5) is 11.9. The first-order valence-corrected chi connectivity index (χ1v) is 7.53. The van der Waals surface area contributed by atoms with Gasteiger partial charge >= 0.3 is 6.03 Å². The van der Waals surface area contributed by atoms with Crippen molar-refractivity contribution in [2.24, 2.45) is 0 Å². The minimum absolute atomic E-state index is 0.0280. The number of carbonyl (C=O) groups is 1. The van der Waals surface area contributed by atoms with Crippen molar-refractivity contribution in [2.45, 2.75) is 19.1 Å². The second-order valence-electron chi connectivity index (χ2n) is 5.22. The fourth-order valence-electron chi connectivity index (χ4n) is 2.26. The van der Waals surface area contributed by atoms with Gasteiger partial charge in [-0.2, -0.15) is 0 Å². The lowest BCUT2D eigenvalue weighted by molar-refractivity contribution is 0.168. The number of hydrogen-bond acceptors (Lipinski definition) is 5. The lowest BCUT2D eigenvalue weighted by Crippen LogP contribution is -2.39. The molecule has 7 heteroatoms. The van der Waals surface area contributed by atoms with Gasteiger partial charge in [-0.3, -0.25) is 0 Å². The van der Waals surface area contributed by atoms with Gasteiger partial charge < -0.3 is 29.6 Å². The average Bonchev–Trinajstić information content (AvgIpc) is 3.13. The molecular weight excluding hydrogens is 312 g/mol. The summed E-state index contributed by atoms with van der Waals surface area (Å²) in [7, 11) is 3.06. The zero-order valence-electron chi connectivity index (χ0n) is 13.9. The van der Waals surface area contributed by atoms with Gasteiger partial charge in [-0.25, -0.2) is 4.79 Å². The molecule has 7 nitrogen and oxygen atoms in total. The minimum Gasteiger partial charge on any atom is -0.497 e. The highest BCUT2D eigenvalue weighted by Crippen LogP contribution is 2.29. The number of urea groups is 1. The summed E-state index contributed by atoms with van der Waals surface area (Å²) in [6, 6.07) is 7.97. The predicted octanol–water partition coefficient (Wildman–Crippen LogP) is 2.39. The number of nitrogens with one attached hydrogen (secondary N) is 2. The second kappa shape index (κ2) is 8.26. The molecule has 0 saturated carbocycles. The van der Waals surface area contributed by atoms with Gasteiger partial charge in [0.15, 0.2) is 0 Å². The molecule has 0 saturated heterocycles. The largest absolute Gasteiger partial charge is 0.497 e. The molecule has 2 unspecified atom stereocenters. The number of rotatable bonds is 7. The SMILES string of the molecule is COc1ccc(OC)c(C(O)CNC(=O)NC(C)c2ccco2)c1. The van der Waals surface area contributed by atoms with E-state index in [-0.39, 0.29) is 12.6 Å². The van der Waals surface area contributed by atoms with Gasteiger partial charge in [0.2, 0.25) is 0 Å². The average molecular weight is 334 g/mol. The highest BCUT2D eigenvalue weighted by atomic mass is 16.5. The molecule has 2 aromatic rings. The lowest BCUT2D eigenvalue weighted by Gasteiger charge is -2.18. The van der Waals surface area contributed by atoms with E-state index in [1.165, 1.54) is 7.11 Å². The number of ether oxygens (including phenoxy) is 2. The zero-order valence-corrected chi connectivity index (χ0v) is 13.9. The maximum Gasteiger partial charge on any atom is 0.315 e. The number of furan rings is 1. The van der Waals surface area contributed by atoms with Crippen molar-refractivity contribution in [1.82, 2.24) is 10.6 Å². The van der Waals surface area contributed by atoms with Gasteiger partial charge in [-0.05, 0) is 37.3 Å². The molecule has 2 amide bonds. The Bertz CT molecular complexity index is 657. The number of carbonyl (C=O) groups excluding carboxylic acids is 1. The maximum absolute atomic E-state index is 11.9. The van der Waals surface area contributed by atoms with Crippen LogP contribution >= 0.6 is 0 Å². The van der Waals surface area contributed by atoms with Crippen LogP contribution in [0.1, 0.15) is 30.4 Å². The molecule has 0 aliphatic carbocycles. The molecule has 0 aliphatic heterocycles. The Morgan fingerprint density at radius 3 is 2.71 bits per heavy atom. The summed E-state index contributed by atoms with van der Waals surface area (Å²) in [6.45, 7) is 1.83. The summed E-state index contributed by atoms with van der Waals surface area (Å²) in [5, 5.41) is 15.7. The quantitative estimate of drug-likeness (QED) is 0.723. The van der Waals surface area contributed by atoms with E-state index < -0.39 is 12.1 Å². The predicted molar refractivity (Wildman–Crippen MR) is 88.2 cm³/mol. The van der Waals surface area contributed by atoms with Crippen LogP contribution in [0.15, 0.2) is 41.0 Å². The van der Waals surface area contributed by atoms with Gasteiger partial charge in [-0.1, -0.05) is 0 Å². The third kappa shape index (κ3) is 4.42. The van der Waals surface area contributed by atoms with E-state index in [2.05, 4.69) is 10.6 Å². The van der Waals surface area contributed by atoms with Gasteiger partial charge in [0.1, 0.15) is 23.4 Å². The molecule has 3 N–H and O–H groups in total. The molecule has 2 atom stereocenters. The number of benzene rings is 1. The Kier molecular flexibility index (Phi) is 6.08. The molecule has 2 rings (SSSR count). The summed E-state index contributed by atoms with van der Waals surface area (Å²) >= 11 is 0. The highest BCUT2D eigenvalue weighted by Gasteiger charge is 2.17. The molecule has 1 aromatic heterocycles. The fourth-order valence-corrected chi connectivity index (χ4v) is 2.26. The number of methoxy groups -OCH3 is 2. The number of amides is 2. The molecule has 0 aliphatic rings. The number of hydrogen-bond donors (Lipinski definition) is 3. The van der Waals surface area contributed by atoms with Crippen LogP contribution in [0.4, 0.5) is 4.79 Å². The molecule has 24 heavy (non-hydrogen) atoms. The lowest BCUT2D eigenvalue weighted by atomic mass is 10.1. The first-order chi connectivity index (χ1) is 11.5. The van der Waals surface area contributed by atoms with E-state index in [0.717, 1.165) is 0 Å². The topological polar surface area (TPSA) is 93.0 Å². The van der Waals surface area contributed by atoms with Crippen LogP contribution in [0.25, 0.3) is 0 Å². The Morgan fingerprint density at radius 1 is 1.29 bits per heavy atom. The van der Waals surface area contributed by atoms with Crippen molar-refractivity contribution in [3.05, 3.63) is 47.9 Å². The van der Waals surface area contributed by atoms with Crippen LogP contribution in [0.3, 0.4) is 0 Å². The summed E-state index contributed by atoms with van der Waals surface area (Å²) in [5.74, 6) is 1.77. The van der Waals surface area contributed by atoms with Crippen LogP contribution in [0.5, 0.6) is 11.5 Å². The van der Waals surface area contributed by atoms with E-state index in [1.807, 2.05) is 0 Å². The number of aliphatic hydroxyl groups excluding tert-OH is 1. The minimum atomic E-state index is -0.931. The van der Waals surface area contributed by atoms with Crippen molar-refractivity contribution in [3.8, 4) is 11.5 Å². The monoisotopic (exact) mass is 334 g/mol. The zero-order chi connectivity index (χ0) is 17.5. The third-order valence-electron chi connectivity index (χ3n) is 3.57. The summed E-state index contributed by atoms with van der Waals surface area (Å²) in [5.41, 5.74) is 0.538. The highest BCUT2D eigenvalue weighted by molar-refractivity contribution is 5.74. The van der Waals surface area contributed by atoms with Crippen molar-refractivity contribution in [1.29, 1.82) is 0 Å². The smallest absolute Gasteiger partial charge is 0.315 e. The molecule has 1 heterocycles. The van der Waals surface area contributed by atoms with E-state index in [9.17, 15) is 9.90 Å². The van der Waals surface area contributed by atoms with Crippen LogP contribution < -0.4 is 20.1 Å². The Labute approximate surface area is 140 Å². The summed E-state index contributed by atoms with van der Waals surface area (Å²) < 4.78 is 15.6. The van der Waals surface area contributed by atoms with Crippen molar-refractivity contribution in [3.63, 3.8) is 0 Å². The van der Waals surface area contributed by atoms with Crippen LogP contribution in [0, 0.1) is 0 Å². The van der Waals surface area contributed by atoms with E-state index in [0.29, 0.717) is 22.8 Å². The van der Waals surface area contributed by atoms with E-state index in [4.69, 9.17) is 13.9 Å². The van der Waals surface area contributed by atoms with Crippen LogP contribution in [-0.4, -0.2) is 31.9 Å². The molecule has 0 radical (unpaired) electrons. The third-order valence-corrected chi connectivity index (χ3v) is 3.57. The van der Waals surface area contributed by atoms with Crippen molar-refractivity contribution >= 4 is 6.03 Å². The molecule has 0 spiro atoms. The van der Waals surface area contributed by atoms with Crippen LogP contribution in [0.2, 0.25) is 0 Å². The Hall–Kier alpha value is -2.67.